The van der Waals surface area contributed by atoms with Crippen LogP contribution in [0, 0.1) is 5.92 Å². The minimum Gasteiger partial charge on any atom is -0.497 e. The Morgan fingerprint density at radius 1 is 0.971 bits per heavy atom. The van der Waals surface area contributed by atoms with Gasteiger partial charge in [-0.05, 0) is 60.0 Å². The zero-order valence-electron chi connectivity index (χ0n) is 18.1. The van der Waals surface area contributed by atoms with Gasteiger partial charge in [0, 0.05) is 13.1 Å². The minimum absolute atomic E-state index is 0.0162. The topological polar surface area (TPSA) is 81.9 Å². The van der Waals surface area contributed by atoms with Crippen molar-refractivity contribution in [3.63, 3.8) is 0 Å². The number of anilines is 1. The molecule has 4 aromatic rings. The molecule has 8 nitrogen and oxygen atoms in total. The van der Waals surface area contributed by atoms with Crippen LogP contribution in [0.2, 0.25) is 0 Å². The maximum atomic E-state index is 13.1. The number of benzene rings is 2. The summed E-state index contributed by atoms with van der Waals surface area (Å²) in [5, 5.41) is 12.7. The molecule has 2 aromatic carbocycles. The quantitative estimate of drug-likeness (QED) is 0.327. The van der Waals surface area contributed by atoms with Crippen molar-refractivity contribution in [1.82, 2.24) is 19.8 Å². The van der Waals surface area contributed by atoms with Crippen molar-refractivity contribution in [2.45, 2.75) is 19.0 Å². The van der Waals surface area contributed by atoms with E-state index >= 15 is 0 Å². The van der Waals surface area contributed by atoms with Crippen LogP contribution in [-0.2, 0) is 11.0 Å². The molecule has 1 fully saturated rings. The molecule has 0 unspecified atom stereocenters. The third-order valence-electron chi connectivity index (χ3n) is 5.89. The average Bonchev–Trinajstić information content (AvgIpc) is 3.27. The van der Waals surface area contributed by atoms with Gasteiger partial charge in [-0.15, -0.1) is 15.3 Å². The van der Waals surface area contributed by atoms with E-state index in [1.807, 2.05) is 29.2 Å². The van der Waals surface area contributed by atoms with Crippen LogP contribution in [0.5, 0.6) is 11.5 Å². The molecule has 0 N–H and O–H groups in total. The SMILES string of the molecule is COc1ccc2ccc(OC(=O)C3CCN(c4ccc5nnc(C(F)(F)F)n5n4)CC3)cc2c1. The summed E-state index contributed by atoms with van der Waals surface area (Å²) in [7, 11) is 1.59. The van der Waals surface area contributed by atoms with Crippen LogP contribution in [-0.4, -0.2) is 46.0 Å². The zero-order chi connectivity index (χ0) is 23.9. The number of carbonyl (C=O) groups excluding carboxylic acids is 1. The summed E-state index contributed by atoms with van der Waals surface area (Å²) in [6, 6.07) is 14.1. The van der Waals surface area contributed by atoms with Crippen molar-refractivity contribution in [2.75, 3.05) is 25.1 Å². The lowest BCUT2D eigenvalue weighted by atomic mass is 9.97. The summed E-state index contributed by atoms with van der Waals surface area (Å²) in [5.41, 5.74) is 0.0162. The molecule has 176 valence electrons. The molecular weight excluding hydrogens is 451 g/mol. The molecule has 34 heavy (non-hydrogen) atoms. The lowest BCUT2D eigenvalue weighted by molar-refractivity contribution is -0.146. The van der Waals surface area contributed by atoms with Crippen molar-refractivity contribution in [3.05, 3.63) is 54.4 Å². The first-order chi connectivity index (χ1) is 16.3. The molecule has 0 bridgehead atoms. The second-order valence-corrected chi connectivity index (χ2v) is 8.04. The summed E-state index contributed by atoms with van der Waals surface area (Å²) in [5.74, 6) is -0.286. The molecule has 3 heterocycles. The van der Waals surface area contributed by atoms with E-state index in [2.05, 4.69) is 15.3 Å². The Morgan fingerprint density at radius 2 is 1.68 bits per heavy atom. The van der Waals surface area contributed by atoms with Crippen LogP contribution in [0.3, 0.4) is 0 Å². The number of halogens is 3. The Morgan fingerprint density at radius 3 is 2.38 bits per heavy atom. The van der Waals surface area contributed by atoms with Gasteiger partial charge in [0.05, 0.1) is 13.0 Å². The van der Waals surface area contributed by atoms with Gasteiger partial charge in [0.2, 0.25) is 0 Å². The monoisotopic (exact) mass is 471 g/mol. The molecule has 1 saturated heterocycles. The third-order valence-corrected chi connectivity index (χ3v) is 5.89. The summed E-state index contributed by atoms with van der Waals surface area (Å²) in [6.07, 6.45) is -3.67. The van der Waals surface area contributed by atoms with Gasteiger partial charge in [0.1, 0.15) is 17.3 Å². The third kappa shape index (κ3) is 4.20. The van der Waals surface area contributed by atoms with E-state index in [4.69, 9.17) is 9.47 Å². The number of fused-ring (bicyclic) bond motifs is 2. The number of hydrogen-bond acceptors (Lipinski definition) is 7. The largest absolute Gasteiger partial charge is 0.497 e. The molecule has 0 radical (unpaired) electrons. The van der Waals surface area contributed by atoms with Crippen LogP contribution in [0.25, 0.3) is 16.4 Å². The fourth-order valence-corrected chi connectivity index (χ4v) is 4.06. The predicted octanol–water partition coefficient (Wildman–Crippen LogP) is 4.13. The second kappa shape index (κ2) is 8.47. The zero-order valence-corrected chi connectivity index (χ0v) is 18.1. The van der Waals surface area contributed by atoms with Crippen LogP contribution < -0.4 is 14.4 Å². The lowest BCUT2D eigenvalue weighted by Crippen LogP contribution is -2.38. The summed E-state index contributed by atoms with van der Waals surface area (Å²) in [6.45, 7) is 0.910. The van der Waals surface area contributed by atoms with E-state index < -0.39 is 12.0 Å². The van der Waals surface area contributed by atoms with Gasteiger partial charge in [0.15, 0.2) is 5.65 Å². The molecule has 0 amide bonds. The van der Waals surface area contributed by atoms with E-state index in [1.54, 1.807) is 25.3 Å². The molecule has 1 aliphatic heterocycles. The standard InChI is InChI=1S/C23H20F3N5O3/c1-33-17-4-2-14-3-5-18(13-16(14)12-17)34-21(32)15-8-10-30(11-9-15)20-7-6-19-27-28-22(23(24,25)26)31(19)29-20/h2-7,12-13,15H,8-11H2,1H3. The number of carbonyl (C=O) groups is 1. The van der Waals surface area contributed by atoms with Gasteiger partial charge in [-0.3, -0.25) is 4.79 Å². The maximum Gasteiger partial charge on any atom is 0.453 e. The van der Waals surface area contributed by atoms with Gasteiger partial charge < -0.3 is 14.4 Å². The second-order valence-electron chi connectivity index (χ2n) is 8.04. The predicted molar refractivity (Wildman–Crippen MR) is 117 cm³/mol. The first-order valence-electron chi connectivity index (χ1n) is 10.7. The number of nitrogens with zero attached hydrogens (tertiary/aromatic N) is 5. The lowest BCUT2D eigenvalue weighted by Gasteiger charge is -2.31. The Kier molecular flexibility index (Phi) is 5.46. The van der Waals surface area contributed by atoms with Crippen molar-refractivity contribution in [3.8, 4) is 11.5 Å². The average molecular weight is 471 g/mol. The molecule has 11 heteroatoms. The van der Waals surface area contributed by atoms with Gasteiger partial charge in [0.25, 0.3) is 5.82 Å². The molecule has 0 aliphatic carbocycles. The van der Waals surface area contributed by atoms with Crippen LogP contribution >= 0.6 is 0 Å². The number of hydrogen-bond donors (Lipinski definition) is 0. The number of piperidine rings is 1. The van der Waals surface area contributed by atoms with Crippen LogP contribution in [0.1, 0.15) is 18.7 Å². The Balaban J connectivity index is 1.25. The Hall–Kier alpha value is -3.89. The van der Waals surface area contributed by atoms with Crippen molar-refractivity contribution < 1.29 is 27.4 Å². The maximum absolute atomic E-state index is 13.1. The molecule has 0 saturated carbocycles. The molecular formula is C23H20F3N5O3. The first-order valence-corrected chi connectivity index (χ1v) is 10.7. The van der Waals surface area contributed by atoms with E-state index in [1.165, 1.54) is 6.07 Å². The van der Waals surface area contributed by atoms with E-state index in [0.29, 0.717) is 47.8 Å². The first kappa shape index (κ1) is 21.9. The molecule has 5 rings (SSSR count). The molecule has 1 aliphatic rings. The van der Waals surface area contributed by atoms with Crippen molar-refractivity contribution >= 4 is 28.2 Å². The highest BCUT2D eigenvalue weighted by molar-refractivity contribution is 5.86. The summed E-state index contributed by atoms with van der Waals surface area (Å²) < 4.78 is 51.0. The fraction of sp³-hybridized carbons (Fsp3) is 0.304. The molecule has 0 spiro atoms. The van der Waals surface area contributed by atoms with Crippen LogP contribution in [0.4, 0.5) is 19.0 Å². The van der Waals surface area contributed by atoms with Crippen molar-refractivity contribution in [2.24, 2.45) is 5.92 Å². The van der Waals surface area contributed by atoms with Crippen molar-refractivity contribution in [1.29, 1.82) is 0 Å². The van der Waals surface area contributed by atoms with Gasteiger partial charge >= 0.3 is 12.1 Å². The van der Waals surface area contributed by atoms with Gasteiger partial charge in [-0.1, -0.05) is 12.1 Å². The Bertz CT molecular complexity index is 1360. The van der Waals surface area contributed by atoms with Gasteiger partial charge in [-0.2, -0.15) is 17.7 Å². The van der Waals surface area contributed by atoms with Crippen LogP contribution in [0.15, 0.2) is 48.5 Å². The van der Waals surface area contributed by atoms with E-state index in [9.17, 15) is 18.0 Å². The number of aromatic nitrogens is 4. The minimum atomic E-state index is -4.66. The number of ether oxygens (including phenoxy) is 2. The highest BCUT2D eigenvalue weighted by Crippen LogP contribution is 2.30. The highest BCUT2D eigenvalue weighted by atomic mass is 19.4. The fourth-order valence-electron chi connectivity index (χ4n) is 4.06. The number of alkyl halides is 3. The summed E-state index contributed by atoms with van der Waals surface area (Å²) in [4.78, 5) is 14.6. The smallest absolute Gasteiger partial charge is 0.453 e. The van der Waals surface area contributed by atoms with E-state index in [-0.39, 0.29) is 17.5 Å². The molecule has 2 aromatic heterocycles. The molecule has 0 atom stereocenters. The Labute approximate surface area is 191 Å². The number of rotatable bonds is 4. The summed E-state index contributed by atoms with van der Waals surface area (Å²) >= 11 is 0. The number of methoxy groups -OCH3 is 1. The van der Waals surface area contributed by atoms with Gasteiger partial charge in [-0.25, -0.2) is 0 Å². The van der Waals surface area contributed by atoms with E-state index in [0.717, 1.165) is 10.8 Å². The highest BCUT2D eigenvalue weighted by Gasteiger charge is 2.38. The number of esters is 1. The normalized spacial score (nSPS) is 15.1.